The number of thiophene rings is 1. The molecule has 6 heteroatoms. The molecule has 0 aliphatic heterocycles. The fourth-order valence-corrected chi connectivity index (χ4v) is 2.57. The molecule has 2 rings (SSSR count). The lowest BCUT2D eigenvalue weighted by atomic mass is 9.99. The second kappa shape index (κ2) is 5.22. The molecule has 2 N–H and O–H groups in total. The quantitative estimate of drug-likeness (QED) is 0.847. The van der Waals surface area contributed by atoms with Crippen molar-refractivity contribution in [2.75, 3.05) is 11.9 Å². The number of nitrogens with one attached hydrogen (secondary N) is 1. The molecule has 96 valence electrons. The molecule has 0 bridgehead atoms. The maximum atomic E-state index is 10.3. The number of anilines is 1. The molecule has 2 aromatic heterocycles. The van der Waals surface area contributed by atoms with Gasteiger partial charge in [-0.3, -0.25) is 0 Å². The fourth-order valence-electron chi connectivity index (χ4n) is 1.56. The van der Waals surface area contributed by atoms with Crippen LogP contribution in [0.3, 0.4) is 0 Å². The summed E-state index contributed by atoms with van der Waals surface area (Å²) in [6.45, 7) is 3.89. The molecule has 0 aromatic carbocycles. The lowest BCUT2D eigenvalue weighted by molar-refractivity contribution is 0.0719. The third-order valence-electron chi connectivity index (χ3n) is 2.56. The minimum atomic E-state index is -0.939. The van der Waals surface area contributed by atoms with Gasteiger partial charge in [0.15, 0.2) is 0 Å². The molecule has 0 amide bonds. The molecule has 0 spiro atoms. The average molecular weight is 284 g/mol. The van der Waals surface area contributed by atoms with Crippen LogP contribution in [0.4, 0.5) is 5.82 Å². The molecule has 2 aromatic rings. The number of hydrogen-bond acceptors (Lipinski definition) is 5. The topological polar surface area (TPSA) is 58.0 Å². The van der Waals surface area contributed by atoms with Crippen molar-refractivity contribution in [1.29, 1.82) is 0 Å². The van der Waals surface area contributed by atoms with E-state index in [1.165, 1.54) is 0 Å². The summed E-state index contributed by atoms with van der Waals surface area (Å²) in [5, 5.41) is 17.7. The van der Waals surface area contributed by atoms with Crippen molar-refractivity contribution in [2.45, 2.75) is 19.4 Å². The first-order valence-electron chi connectivity index (χ1n) is 5.47. The van der Waals surface area contributed by atoms with Gasteiger partial charge in [0.25, 0.3) is 0 Å². The Kier molecular flexibility index (Phi) is 3.85. The van der Waals surface area contributed by atoms with E-state index in [2.05, 4.69) is 15.3 Å². The Hall–Kier alpha value is -1.17. The van der Waals surface area contributed by atoms with E-state index in [0.29, 0.717) is 23.3 Å². The van der Waals surface area contributed by atoms with Gasteiger partial charge < -0.3 is 10.4 Å². The van der Waals surface area contributed by atoms with E-state index in [-0.39, 0.29) is 0 Å². The highest BCUT2D eigenvalue weighted by atomic mass is 35.5. The molecule has 0 aliphatic rings. The van der Waals surface area contributed by atoms with E-state index in [0.717, 1.165) is 5.56 Å². The van der Waals surface area contributed by atoms with Gasteiger partial charge in [0.2, 0.25) is 0 Å². The molecular weight excluding hydrogens is 270 g/mol. The lowest BCUT2D eigenvalue weighted by Gasteiger charge is -2.23. The summed E-state index contributed by atoms with van der Waals surface area (Å²) in [5.41, 5.74) is -0.0532. The second-order valence-electron chi connectivity index (χ2n) is 4.26. The third kappa shape index (κ3) is 3.19. The Balaban J connectivity index is 2.07. The van der Waals surface area contributed by atoms with E-state index < -0.39 is 5.60 Å². The van der Waals surface area contributed by atoms with Gasteiger partial charge in [-0.2, -0.15) is 11.3 Å². The lowest BCUT2D eigenvalue weighted by Crippen LogP contribution is -2.30. The van der Waals surface area contributed by atoms with Gasteiger partial charge in [0.1, 0.15) is 22.4 Å². The smallest absolute Gasteiger partial charge is 0.134 e. The third-order valence-corrected chi connectivity index (χ3v) is 3.44. The first kappa shape index (κ1) is 13.3. The van der Waals surface area contributed by atoms with Crippen LogP contribution in [0.25, 0.3) is 0 Å². The summed E-state index contributed by atoms with van der Waals surface area (Å²) in [7, 11) is 0. The highest BCUT2D eigenvalue weighted by Gasteiger charge is 2.23. The van der Waals surface area contributed by atoms with Crippen LogP contribution in [0.15, 0.2) is 22.9 Å². The molecule has 0 aliphatic carbocycles. The van der Waals surface area contributed by atoms with Gasteiger partial charge in [-0.15, -0.1) is 0 Å². The molecule has 2 heterocycles. The summed E-state index contributed by atoms with van der Waals surface area (Å²) in [5.74, 6) is 1.21. The van der Waals surface area contributed by atoms with E-state index in [4.69, 9.17) is 11.6 Å². The number of nitrogens with zero attached hydrogens (tertiary/aromatic N) is 2. The van der Waals surface area contributed by atoms with Gasteiger partial charge >= 0.3 is 0 Å². The molecule has 0 radical (unpaired) electrons. The number of aromatic nitrogens is 2. The zero-order chi connectivity index (χ0) is 13.2. The Morgan fingerprint density at radius 3 is 2.89 bits per heavy atom. The number of halogens is 1. The van der Waals surface area contributed by atoms with Crippen LogP contribution in [0.2, 0.25) is 5.15 Å². The van der Waals surface area contributed by atoms with E-state index in [9.17, 15) is 5.11 Å². The second-order valence-corrected chi connectivity index (χ2v) is 5.43. The zero-order valence-corrected chi connectivity index (χ0v) is 11.7. The van der Waals surface area contributed by atoms with E-state index in [1.807, 2.05) is 16.8 Å². The predicted octanol–water partition coefficient (Wildman–Crippen LogP) is 2.82. The van der Waals surface area contributed by atoms with Crippen molar-refractivity contribution in [2.24, 2.45) is 0 Å². The summed E-state index contributed by atoms with van der Waals surface area (Å²) in [4.78, 5) is 8.19. The maximum Gasteiger partial charge on any atom is 0.134 e. The van der Waals surface area contributed by atoms with Crippen molar-refractivity contribution in [3.63, 3.8) is 0 Å². The molecule has 0 saturated carbocycles. The van der Waals surface area contributed by atoms with Crippen molar-refractivity contribution >= 4 is 28.8 Å². The molecule has 0 unspecified atom stereocenters. The predicted molar refractivity (Wildman–Crippen MR) is 74.2 cm³/mol. The van der Waals surface area contributed by atoms with Gasteiger partial charge in [-0.05, 0) is 36.2 Å². The highest BCUT2D eigenvalue weighted by molar-refractivity contribution is 7.08. The van der Waals surface area contributed by atoms with Crippen LogP contribution in [-0.4, -0.2) is 21.6 Å². The normalized spacial score (nSPS) is 14.2. The number of hydrogen-bond donors (Lipinski definition) is 2. The maximum absolute atomic E-state index is 10.3. The van der Waals surface area contributed by atoms with E-state index >= 15 is 0 Å². The van der Waals surface area contributed by atoms with Crippen LogP contribution in [0.1, 0.15) is 18.3 Å². The summed E-state index contributed by atoms with van der Waals surface area (Å²) < 4.78 is 0. The van der Waals surface area contributed by atoms with Crippen molar-refractivity contribution in [3.8, 4) is 0 Å². The van der Waals surface area contributed by atoms with E-state index in [1.54, 1.807) is 31.3 Å². The minimum absolute atomic E-state index is 0.358. The monoisotopic (exact) mass is 283 g/mol. The van der Waals surface area contributed by atoms with Crippen LogP contribution in [0, 0.1) is 6.92 Å². The Labute approximate surface area is 115 Å². The summed E-state index contributed by atoms with van der Waals surface area (Å²) in [6, 6.07) is 3.54. The first-order chi connectivity index (χ1) is 8.47. The number of aryl methyl sites for hydroxylation is 1. The molecule has 0 saturated heterocycles. The Morgan fingerprint density at radius 2 is 2.28 bits per heavy atom. The largest absolute Gasteiger partial charge is 0.384 e. The fraction of sp³-hybridized carbons (Fsp3) is 0.333. The van der Waals surface area contributed by atoms with Crippen LogP contribution < -0.4 is 5.32 Å². The van der Waals surface area contributed by atoms with Crippen LogP contribution >= 0.6 is 22.9 Å². The van der Waals surface area contributed by atoms with Crippen LogP contribution in [0.5, 0.6) is 0 Å². The van der Waals surface area contributed by atoms with Crippen molar-refractivity contribution < 1.29 is 5.11 Å². The van der Waals surface area contributed by atoms with Gasteiger partial charge in [-0.1, -0.05) is 11.6 Å². The minimum Gasteiger partial charge on any atom is -0.384 e. The van der Waals surface area contributed by atoms with Crippen LogP contribution in [-0.2, 0) is 5.60 Å². The van der Waals surface area contributed by atoms with Gasteiger partial charge in [0, 0.05) is 12.6 Å². The molecule has 4 nitrogen and oxygen atoms in total. The SMILES string of the molecule is Cc1nc(Cl)cc(NC[C@@](C)(O)c2ccsc2)n1. The van der Waals surface area contributed by atoms with Crippen molar-refractivity contribution in [3.05, 3.63) is 39.4 Å². The average Bonchev–Trinajstić information content (AvgIpc) is 2.79. The standard InChI is InChI=1S/C12H14ClN3OS/c1-8-15-10(13)5-11(16-8)14-7-12(2,17)9-3-4-18-6-9/h3-6,17H,7H2,1-2H3,(H,14,15,16)/t12-/m1/s1. The highest BCUT2D eigenvalue weighted by Crippen LogP contribution is 2.23. The molecular formula is C12H14ClN3OS. The molecule has 1 atom stereocenters. The number of rotatable bonds is 4. The van der Waals surface area contributed by atoms with Gasteiger partial charge in [-0.25, -0.2) is 9.97 Å². The first-order valence-corrected chi connectivity index (χ1v) is 6.79. The molecule has 0 fully saturated rings. The Morgan fingerprint density at radius 1 is 1.50 bits per heavy atom. The zero-order valence-electron chi connectivity index (χ0n) is 10.1. The molecule has 18 heavy (non-hydrogen) atoms. The summed E-state index contributed by atoms with van der Waals surface area (Å²) >= 11 is 7.41. The summed E-state index contributed by atoms with van der Waals surface area (Å²) in [6.07, 6.45) is 0. The Bertz CT molecular complexity index is 508. The van der Waals surface area contributed by atoms with Gasteiger partial charge in [0.05, 0.1) is 0 Å². The van der Waals surface area contributed by atoms with Crippen molar-refractivity contribution in [1.82, 2.24) is 9.97 Å². The number of aliphatic hydroxyl groups is 1.